The van der Waals surface area contributed by atoms with Crippen LogP contribution in [0, 0.1) is 22.6 Å². The second kappa shape index (κ2) is 5.33. The number of rotatable bonds is 4. The summed E-state index contributed by atoms with van der Waals surface area (Å²) >= 11 is 5.75. The number of anilines is 1. The van der Waals surface area contributed by atoms with Gasteiger partial charge in [0.05, 0.1) is 5.56 Å². The van der Waals surface area contributed by atoms with Crippen LogP contribution in [0.25, 0.3) is 0 Å². The molecular weight excluding hydrogens is 241 g/mol. The average molecular weight is 256 g/mol. The van der Waals surface area contributed by atoms with Crippen LogP contribution >= 0.6 is 11.6 Å². The normalized spacial score (nSPS) is 11.1. The van der Waals surface area contributed by atoms with Crippen molar-refractivity contribution in [1.82, 2.24) is 4.98 Å². The lowest BCUT2D eigenvalue weighted by molar-refractivity contribution is 0.376. The van der Waals surface area contributed by atoms with Crippen LogP contribution < -0.4 is 5.32 Å². The zero-order valence-electron chi connectivity index (χ0n) is 10.1. The summed E-state index contributed by atoms with van der Waals surface area (Å²) in [5.41, 5.74) is 0.0959. The van der Waals surface area contributed by atoms with Gasteiger partial charge in [-0.2, -0.15) is 5.26 Å². The summed E-state index contributed by atoms with van der Waals surface area (Å²) in [6.45, 7) is 6.80. The summed E-state index contributed by atoms with van der Waals surface area (Å²) in [6.07, 6.45) is 0.964. The Bertz CT molecular complexity index is 452. The summed E-state index contributed by atoms with van der Waals surface area (Å²) < 4.78 is 13.6. The summed E-state index contributed by atoms with van der Waals surface area (Å²) in [4.78, 5) is 3.84. The molecule has 0 saturated carbocycles. The van der Waals surface area contributed by atoms with E-state index in [1.165, 1.54) is 0 Å². The van der Waals surface area contributed by atoms with Gasteiger partial charge in [-0.15, -0.1) is 0 Å². The fraction of sp³-hybridized carbons (Fsp3) is 0.500. The summed E-state index contributed by atoms with van der Waals surface area (Å²) in [7, 11) is 0. The first-order valence-electron chi connectivity index (χ1n) is 5.39. The Hall–Kier alpha value is -1.34. The maximum Gasteiger partial charge on any atom is 0.166 e. The fourth-order valence-electron chi connectivity index (χ4n) is 1.12. The van der Waals surface area contributed by atoms with Gasteiger partial charge >= 0.3 is 0 Å². The van der Waals surface area contributed by atoms with E-state index in [-0.39, 0.29) is 21.9 Å². The van der Waals surface area contributed by atoms with Gasteiger partial charge in [0, 0.05) is 6.54 Å². The Balaban J connectivity index is 2.87. The number of aromatic nitrogens is 1. The van der Waals surface area contributed by atoms with Gasteiger partial charge in [0.2, 0.25) is 0 Å². The number of nitrogens with one attached hydrogen (secondary N) is 1. The molecule has 1 heterocycles. The molecule has 17 heavy (non-hydrogen) atoms. The molecule has 3 nitrogen and oxygen atoms in total. The van der Waals surface area contributed by atoms with Crippen molar-refractivity contribution in [2.45, 2.75) is 27.2 Å². The number of hydrogen-bond acceptors (Lipinski definition) is 3. The number of nitrogens with zero attached hydrogens (tertiary/aromatic N) is 2. The van der Waals surface area contributed by atoms with Gasteiger partial charge < -0.3 is 5.32 Å². The molecule has 0 amide bonds. The largest absolute Gasteiger partial charge is 0.367 e. The molecule has 1 N–H and O–H groups in total. The molecule has 0 bridgehead atoms. The Labute approximate surface area is 106 Å². The highest BCUT2D eigenvalue weighted by molar-refractivity contribution is 6.30. The van der Waals surface area contributed by atoms with E-state index in [0.717, 1.165) is 12.5 Å². The number of pyridine rings is 1. The molecule has 0 aliphatic rings. The number of nitriles is 1. The third kappa shape index (κ3) is 3.57. The molecule has 0 aliphatic heterocycles. The van der Waals surface area contributed by atoms with Crippen LogP contribution in [0.2, 0.25) is 5.15 Å². The molecule has 0 atom stereocenters. The molecule has 0 saturated heterocycles. The third-order valence-corrected chi connectivity index (χ3v) is 3.03. The Kier molecular flexibility index (Phi) is 4.30. The van der Waals surface area contributed by atoms with Gasteiger partial charge in [-0.3, -0.25) is 0 Å². The maximum atomic E-state index is 13.6. The van der Waals surface area contributed by atoms with E-state index in [1.54, 1.807) is 6.07 Å². The minimum atomic E-state index is -0.558. The van der Waals surface area contributed by atoms with E-state index in [9.17, 15) is 4.39 Å². The lowest BCUT2D eigenvalue weighted by atomic mass is 9.90. The van der Waals surface area contributed by atoms with Crippen LogP contribution in [0.3, 0.4) is 0 Å². The highest BCUT2D eigenvalue weighted by Gasteiger charge is 2.17. The average Bonchev–Trinajstić information content (AvgIpc) is 2.29. The molecule has 1 aromatic heterocycles. The second-order valence-electron chi connectivity index (χ2n) is 4.64. The fourth-order valence-corrected chi connectivity index (χ4v) is 1.30. The first kappa shape index (κ1) is 13.7. The van der Waals surface area contributed by atoms with E-state index in [1.807, 2.05) is 0 Å². The maximum absolute atomic E-state index is 13.6. The topological polar surface area (TPSA) is 48.7 Å². The van der Waals surface area contributed by atoms with Gasteiger partial charge in [-0.25, -0.2) is 9.37 Å². The zero-order valence-corrected chi connectivity index (χ0v) is 10.9. The van der Waals surface area contributed by atoms with Crippen LogP contribution in [0.1, 0.15) is 32.8 Å². The summed E-state index contributed by atoms with van der Waals surface area (Å²) in [6, 6.07) is 2.88. The van der Waals surface area contributed by atoms with Crippen LogP contribution in [0.5, 0.6) is 0 Å². The highest BCUT2D eigenvalue weighted by Crippen LogP contribution is 2.23. The quantitative estimate of drug-likeness (QED) is 0.837. The monoisotopic (exact) mass is 255 g/mol. The van der Waals surface area contributed by atoms with Crippen molar-refractivity contribution in [3.8, 4) is 6.07 Å². The summed E-state index contributed by atoms with van der Waals surface area (Å²) in [5.74, 6) is -0.464. The van der Waals surface area contributed by atoms with Gasteiger partial charge in [-0.05, 0) is 17.9 Å². The van der Waals surface area contributed by atoms with Crippen LogP contribution in [-0.2, 0) is 0 Å². The van der Waals surface area contributed by atoms with Crippen molar-refractivity contribution >= 4 is 17.4 Å². The summed E-state index contributed by atoms with van der Waals surface area (Å²) in [5, 5.41) is 11.6. The molecule has 1 rings (SSSR count). The van der Waals surface area contributed by atoms with Crippen molar-refractivity contribution in [1.29, 1.82) is 5.26 Å². The van der Waals surface area contributed by atoms with Crippen molar-refractivity contribution in [3.63, 3.8) is 0 Å². The lowest BCUT2D eigenvalue weighted by Crippen LogP contribution is -2.23. The molecule has 0 spiro atoms. The molecule has 0 aliphatic carbocycles. The molecule has 0 fully saturated rings. The molecule has 5 heteroatoms. The van der Waals surface area contributed by atoms with Crippen molar-refractivity contribution < 1.29 is 4.39 Å². The van der Waals surface area contributed by atoms with Crippen molar-refractivity contribution in [2.24, 2.45) is 5.41 Å². The molecule has 1 aromatic rings. The first-order valence-corrected chi connectivity index (χ1v) is 5.77. The van der Waals surface area contributed by atoms with Crippen LogP contribution in [0.4, 0.5) is 10.2 Å². The van der Waals surface area contributed by atoms with Crippen molar-refractivity contribution in [3.05, 3.63) is 22.6 Å². The third-order valence-electron chi connectivity index (χ3n) is 2.74. The number of hydrogen-bond donors (Lipinski definition) is 1. The number of halogens is 2. The Morgan fingerprint density at radius 1 is 1.59 bits per heavy atom. The van der Waals surface area contributed by atoms with Crippen LogP contribution in [-0.4, -0.2) is 11.5 Å². The smallest absolute Gasteiger partial charge is 0.166 e. The van der Waals surface area contributed by atoms with E-state index in [4.69, 9.17) is 16.9 Å². The zero-order chi connectivity index (χ0) is 13.1. The first-order chi connectivity index (χ1) is 7.89. The second-order valence-corrected chi connectivity index (χ2v) is 5.00. The van der Waals surface area contributed by atoms with Crippen LogP contribution in [0.15, 0.2) is 6.07 Å². The standard InChI is InChI=1S/C12H15ClFN3/c1-4-12(2,3)7-16-11-9(14)5-8(6-15)10(13)17-11/h5H,4,7H2,1-3H3,(H,16,17). The molecule has 92 valence electrons. The van der Waals surface area contributed by atoms with E-state index < -0.39 is 5.82 Å². The molecular formula is C12H15ClFN3. The van der Waals surface area contributed by atoms with E-state index >= 15 is 0 Å². The molecule has 0 unspecified atom stereocenters. The van der Waals surface area contributed by atoms with Gasteiger partial charge in [0.15, 0.2) is 11.6 Å². The SMILES string of the molecule is CCC(C)(C)CNc1nc(Cl)c(C#N)cc1F. The predicted molar refractivity (Wildman–Crippen MR) is 66.5 cm³/mol. The Morgan fingerprint density at radius 2 is 2.24 bits per heavy atom. The predicted octanol–water partition coefficient (Wildman–Crippen LogP) is 3.59. The van der Waals surface area contributed by atoms with Gasteiger partial charge in [0.1, 0.15) is 11.2 Å². The minimum absolute atomic E-state index is 0.0192. The van der Waals surface area contributed by atoms with E-state index in [0.29, 0.717) is 6.54 Å². The molecule has 0 aromatic carbocycles. The van der Waals surface area contributed by atoms with Gasteiger partial charge in [-0.1, -0.05) is 32.4 Å². The molecule has 0 radical (unpaired) electrons. The van der Waals surface area contributed by atoms with Gasteiger partial charge in [0.25, 0.3) is 0 Å². The lowest BCUT2D eigenvalue weighted by Gasteiger charge is -2.23. The van der Waals surface area contributed by atoms with E-state index in [2.05, 4.69) is 31.1 Å². The highest BCUT2D eigenvalue weighted by atomic mass is 35.5. The van der Waals surface area contributed by atoms with Crippen molar-refractivity contribution in [2.75, 3.05) is 11.9 Å². The Morgan fingerprint density at radius 3 is 2.76 bits per heavy atom. The minimum Gasteiger partial charge on any atom is -0.367 e.